The molecule has 0 bridgehead atoms. The van der Waals surface area contributed by atoms with Crippen molar-refractivity contribution in [3.63, 3.8) is 0 Å². The molecule has 0 aliphatic heterocycles. The van der Waals surface area contributed by atoms with Crippen LogP contribution in [0.3, 0.4) is 0 Å². The topological polar surface area (TPSA) is 109 Å². The molecular formula is C25H31N3O6. The zero-order valence-corrected chi connectivity index (χ0v) is 20.4. The van der Waals surface area contributed by atoms with E-state index in [0.29, 0.717) is 5.69 Å². The minimum absolute atomic E-state index is 0.0494. The number of carbonyl (C=O) groups excluding carboxylic acids is 3. The number of nitrogens with one attached hydrogen (secondary N) is 1. The van der Waals surface area contributed by atoms with Gasteiger partial charge in [0.2, 0.25) is 0 Å². The fourth-order valence-corrected chi connectivity index (χ4v) is 2.52. The van der Waals surface area contributed by atoms with E-state index in [4.69, 9.17) is 14.2 Å². The average molecular weight is 470 g/mol. The maximum absolute atomic E-state index is 12.6. The Kier molecular flexibility index (Phi) is 8.84. The minimum Gasteiger partial charge on any atom is -0.459 e. The Balaban J connectivity index is 2.06. The molecule has 34 heavy (non-hydrogen) atoms. The second kappa shape index (κ2) is 11.4. The van der Waals surface area contributed by atoms with E-state index in [0.717, 1.165) is 5.56 Å². The average Bonchev–Trinajstić information content (AvgIpc) is 3.18. The van der Waals surface area contributed by atoms with Crippen LogP contribution >= 0.6 is 0 Å². The number of carbonyl (C=O) groups is 3. The van der Waals surface area contributed by atoms with E-state index in [1.54, 1.807) is 41.5 Å². The highest BCUT2D eigenvalue weighted by molar-refractivity contribution is 5.81. The summed E-state index contributed by atoms with van der Waals surface area (Å²) in [5.74, 6) is 4.92. The standard InChI is InChI=1S/C25H31N3O6/c1-24(2,3)33-22(30)27-20(21(29)32-16-18-11-8-7-9-12-18)14-10-13-19-15-28(17-26-19)23(31)34-25(4,5)6/h7-9,11-12,15,17,20H,14,16H2,1-6H3,(H,27,30). The molecule has 2 rings (SSSR count). The summed E-state index contributed by atoms with van der Waals surface area (Å²) < 4.78 is 17.0. The molecule has 9 nitrogen and oxygen atoms in total. The molecule has 2 aromatic rings. The van der Waals surface area contributed by atoms with Crippen LogP contribution in [0.5, 0.6) is 0 Å². The Bertz CT molecular complexity index is 1050. The highest BCUT2D eigenvalue weighted by atomic mass is 16.6. The van der Waals surface area contributed by atoms with E-state index in [9.17, 15) is 14.4 Å². The fraction of sp³-hybridized carbons (Fsp3) is 0.440. The number of hydrogen-bond donors (Lipinski definition) is 1. The Labute approximate surface area is 199 Å². The van der Waals surface area contributed by atoms with Crippen LogP contribution in [0.1, 0.15) is 59.2 Å². The monoisotopic (exact) mass is 469 g/mol. The first-order valence-electron chi connectivity index (χ1n) is 10.8. The second-order valence-electron chi connectivity index (χ2n) is 9.44. The number of benzene rings is 1. The van der Waals surface area contributed by atoms with Crippen molar-refractivity contribution in [3.8, 4) is 11.8 Å². The number of alkyl carbamates (subject to hydrolysis) is 1. The Morgan fingerprint density at radius 1 is 1.03 bits per heavy atom. The predicted molar refractivity (Wildman–Crippen MR) is 125 cm³/mol. The molecule has 1 aromatic heterocycles. The van der Waals surface area contributed by atoms with Gasteiger partial charge < -0.3 is 19.5 Å². The summed E-state index contributed by atoms with van der Waals surface area (Å²) in [6.45, 7) is 10.5. The van der Waals surface area contributed by atoms with Gasteiger partial charge in [0.05, 0.1) is 6.20 Å². The molecule has 0 spiro atoms. The highest BCUT2D eigenvalue weighted by Crippen LogP contribution is 2.10. The maximum atomic E-state index is 12.6. The summed E-state index contributed by atoms with van der Waals surface area (Å²) in [6, 6.07) is 8.12. The number of ether oxygens (including phenoxy) is 3. The van der Waals surface area contributed by atoms with E-state index in [-0.39, 0.29) is 13.0 Å². The minimum atomic E-state index is -1.06. The molecule has 1 unspecified atom stereocenters. The van der Waals surface area contributed by atoms with Gasteiger partial charge in [0.15, 0.2) is 0 Å². The summed E-state index contributed by atoms with van der Waals surface area (Å²) in [5.41, 5.74) is -0.262. The molecule has 1 amide bonds. The van der Waals surface area contributed by atoms with Crippen molar-refractivity contribution >= 4 is 18.2 Å². The van der Waals surface area contributed by atoms with Gasteiger partial charge in [-0.25, -0.2) is 23.9 Å². The highest BCUT2D eigenvalue weighted by Gasteiger charge is 2.25. The van der Waals surface area contributed by atoms with E-state index < -0.39 is 35.4 Å². The number of hydrogen-bond acceptors (Lipinski definition) is 7. The molecule has 0 aliphatic rings. The first-order chi connectivity index (χ1) is 15.8. The first-order valence-corrected chi connectivity index (χ1v) is 10.8. The van der Waals surface area contributed by atoms with Crippen LogP contribution in [0.25, 0.3) is 0 Å². The zero-order chi connectivity index (χ0) is 25.4. The Morgan fingerprint density at radius 3 is 2.29 bits per heavy atom. The number of rotatable bonds is 5. The summed E-state index contributed by atoms with van der Waals surface area (Å²) in [5, 5.41) is 2.51. The SMILES string of the molecule is CC(C)(C)OC(=O)NC(CC#Cc1cn(C(=O)OC(C)(C)C)cn1)C(=O)OCc1ccccc1. The van der Waals surface area contributed by atoms with Gasteiger partial charge in [-0.3, -0.25) is 0 Å². The second-order valence-corrected chi connectivity index (χ2v) is 9.44. The smallest absolute Gasteiger partial charge is 0.419 e. The van der Waals surface area contributed by atoms with Crippen LogP contribution in [-0.2, 0) is 25.6 Å². The van der Waals surface area contributed by atoms with Crippen molar-refractivity contribution in [2.24, 2.45) is 0 Å². The number of esters is 1. The molecule has 0 saturated heterocycles. The maximum Gasteiger partial charge on any atom is 0.419 e. The van der Waals surface area contributed by atoms with E-state index in [1.165, 1.54) is 17.1 Å². The third-order valence-electron chi connectivity index (χ3n) is 3.91. The molecule has 182 valence electrons. The van der Waals surface area contributed by atoms with Crippen LogP contribution < -0.4 is 5.32 Å². The van der Waals surface area contributed by atoms with Crippen LogP contribution in [0.4, 0.5) is 9.59 Å². The number of aromatic nitrogens is 2. The van der Waals surface area contributed by atoms with E-state index in [1.807, 2.05) is 30.3 Å². The van der Waals surface area contributed by atoms with Crippen molar-refractivity contribution in [2.75, 3.05) is 0 Å². The van der Waals surface area contributed by atoms with Crippen molar-refractivity contribution in [1.29, 1.82) is 0 Å². The lowest BCUT2D eigenvalue weighted by molar-refractivity contribution is -0.147. The van der Waals surface area contributed by atoms with E-state index >= 15 is 0 Å². The van der Waals surface area contributed by atoms with Crippen LogP contribution in [0.15, 0.2) is 42.9 Å². The van der Waals surface area contributed by atoms with Crippen molar-refractivity contribution in [3.05, 3.63) is 54.1 Å². The number of imidazole rings is 1. The third-order valence-corrected chi connectivity index (χ3v) is 3.91. The summed E-state index contributed by atoms with van der Waals surface area (Å²) in [6.07, 6.45) is 1.33. The molecule has 9 heteroatoms. The number of amides is 1. The van der Waals surface area contributed by atoms with Gasteiger partial charge in [-0.05, 0) is 53.0 Å². The van der Waals surface area contributed by atoms with Crippen molar-refractivity contribution < 1.29 is 28.6 Å². The van der Waals surface area contributed by atoms with Gasteiger partial charge in [0.1, 0.15) is 35.9 Å². The van der Waals surface area contributed by atoms with E-state index in [2.05, 4.69) is 22.1 Å². The molecule has 1 atom stereocenters. The third kappa shape index (κ3) is 9.77. The van der Waals surface area contributed by atoms with Crippen LogP contribution in [0.2, 0.25) is 0 Å². The van der Waals surface area contributed by atoms with Gasteiger partial charge in [-0.1, -0.05) is 36.3 Å². The lowest BCUT2D eigenvalue weighted by Gasteiger charge is -2.22. The zero-order valence-electron chi connectivity index (χ0n) is 20.4. The quantitative estimate of drug-likeness (QED) is 0.400. The Hall–Kier alpha value is -3.80. The molecule has 0 aliphatic carbocycles. The summed E-state index contributed by atoms with van der Waals surface area (Å²) in [7, 11) is 0. The molecule has 1 heterocycles. The molecule has 1 N–H and O–H groups in total. The lowest BCUT2D eigenvalue weighted by Crippen LogP contribution is -2.44. The molecule has 0 fully saturated rings. The van der Waals surface area contributed by atoms with Crippen LogP contribution in [-0.4, -0.2) is 45.0 Å². The molecule has 0 radical (unpaired) electrons. The van der Waals surface area contributed by atoms with Gasteiger partial charge in [-0.15, -0.1) is 0 Å². The van der Waals surface area contributed by atoms with Gasteiger partial charge in [0, 0.05) is 6.42 Å². The lowest BCUT2D eigenvalue weighted by atomic mass is 10.2. The normalized spacial score (nSPS) is 12.1. The van der Waals surface area contributed by atoms with Crippen molar-refractivity contribution in [2.45, 2.75) is 71.8 Å². The Morgan fingerprint density at radius 2 is 1.68 bits per heavy atom. The molecule has 1 aromatic carbocycles. The molecule has 0 saturated carbocycles. The van der Waals surface area contributed by atoms with Crippen LogP contribution in [0, 0.1) is 11.8 Å². The first kappa shape index (κ1) is 26.5. The number of nitrogens with zero attached hydrogens (tertiary/aromatic N) is 2. The largest absolute Gasteiger partial charge is 0.459 e. The van der Waals surface area contributed by atoms with Crippen molar-refractivity contribution in [1.82, 2.24) is 14.9 Å². The van der Waals surface area contributed by atoms with Gasteiger partial charge in [-0.2, -0.15) is 0 Å². The fourth-order valence-electron chi connectivity index (χ4n) is 2.52. The predicted octanol–water partition coefficient (Wildman–Crippen LogP) is 4.04. The van der Waals surface area contributed by atoms with Gasteiger partial charge >= 0.3 is 18.2 Å². The molecular weight excluding hydrogens is 438 g/mol. The summed E-state index contributed by atoms with van der Waals surface area (Å²) >= 11 is 0. The summed E-state index contributed by atoms with van der Waals surface area (Å²) in [4.78, 5) is 41.0. The van der Waals surface area contributed by atoms with Gasteiger partial charge in [0.25, 0.3) is 0 Å².